The molecule has 0 amide bonds. The van der Waals surface area contributed by atoms with E-state index in [9.17, 15) is 4.79 Å². The van der Waals surface area contributed by atoms with Crippen LogP contribution < -0.4 is 0 Å². The third kappa shape index (κ3) is 3.04. The molecule has 1 heterocycles. The number of hydrogen-bond donors (Lipinski definition) is 0. The molecule has 3 nitrogen and oxygen atoms in total. The van der Waals surface area contributed by atoms with Crippen LogP contribution in [0.4, 0.5) is 0 Å². The van der Waals surface area contributed by atoms with Gasteiger partial charge in [-0.1, -0.05) is 44.2 Å². The first kappa shape index (κ1) is 15.0. The van der Waals surface area contributed by atoms with Crippen LogP contribution in [-0.4, -0.2) is 31.0 Å². The molecule has 1 aliphatic heterocycles. The molecular weight excluding hydrogens is 250 g/mol. The van der Waals surface area contributed by atoms with E-state index in [2.05, 4.69) is 31.0 Å². The number of carbonyl (C=O) groups is 1. The smallest absolute Gasteiger partial charge is 0.306 e. The molecule has 110 valence electrons. The van der Waals surface area contributed by atoms with Crippen molar-refractivity contribution in [3.8, 4) is 0 Å². The van der Waals surface area contributed by atoms with Gasteiger partial charge < -0.3 is 9.64 Å². The summed E-state index contributed by atoms with van der Waals surface area (Å²) in [6, 6.07) is 10.2. The van der Waals surface area contributed by atoms with Gasteiger partial charge in [0.2, 0.25) is 0 Å². The second kappa shape index (κ2) is 6.40. The highest BCUT2D eigenvalue weighted by Crippen LogP contribution is 2.40. The molecule has 2 atom stereocenters. The fraction of sp³-hybridized carbons (Fsp3) is 0.588. The minimum absolute atomic E-state index is 0.106. The zero-order chi connectivity index (χ0) is 14.6. The molecule has 1 aliphatic rings. The van der Waals surface area contributed by atoms with Crippen LogP contribution in [0.15, 0.2) is 30.3 Å². The lowest BCUT2D eigenvalue weighted by Crippen LogP contribution is -2.41. The topological polar surface area (TPSA) is 29.5 Å². The number of hydrogen-bond acceptors (Lipinski definition) is 3. The Labute approximate surface area is 121 Å². The van der Waals surface area contributed by atoms with Crippen molar-refractivity contribution in [2.24, 2.45) is 5.92 Å². The van der Waals surface area contributed by atoms with Crippen LogP contribution in [0, 0.1) is 5.92 Å². The van der Waals surface area contributed by atoms with Gasteiger partial charge in [-0.15, -0.1) is 0 Å². The largest absolute Gasteiger partial charge is 0.454 e. The van der Waals surface area contributed by atoms with Crippen LogP contribution in [0.1, 0.15) is 38.7 Å². The maximum atomic E-state index is 12.0. The molecule has 0 aliphatic carbocycles. The Morgan fingerprint density at radius 2 is 2.10 bits per heavy atom. The number of rotatable bonds is 3. The van der Waals surface area contributed by atoms with E-state index in [4.69, 9.17) is 4.74 Å². The first-order chi connectivity index (χ1) is 9.58. The Balaban J connectivity index is 2.39. The minimum Gasteiger partial charge on any atom is -0.454 e. The molecule has 3 heteroatoms. The lowest BCUT2D eigenvalue weighted by atomic mass is 9.79. The SMILES string of the molecule is CCC(=O)O[C@]1(c2ccccc2)CCCN(C)C[C@@H]1C. The average molecular weight is 275 g/mol. The Bertz CT molecular complexity index is 446. The van der Waals surface area contributed by atoms with Crippen molar-refractivity contribution in [3.05, 3.63) is 35.9 Å². The lowest BCUT2D eigenvalue weighted by Gasteiger charge is -2.38. The van der Waals surface area contributed by atoms with Gasteiger partial charge in [0.05, 0.1) is 0 Å². The predicted octanol–water partition coefficient (Wildman–Crippen LogP) is 3.20. The van der Waals surface area contributed by atoms with Gasteiger partial charge in [0, 0.05) is 18.9 Å². The van der Waals surface area contributed by atoms with Crippen LogP contribution in [0.2, 0.25) is 0 Å². The first-order valence-electron chi connectivity index (χ1n) is 7.54. The Kier molecular flexibility index (Phi) is 4.81. The summed E-state index contributed by atoms with van der Waals surface area (Å²) in [5.41, 5.74) is 0.656. The highest BCUT2D eigenvalue weighted by molar-refractivity contribution is 5.69. The monoisotopic (exact) mass is 275 g/mol. The van der Waals surface area contributed by atoms with Gasteiger partial charge in [-0.25, -0.2) is 0 Å². The summed E-state index contributed by atoms with van der Waals surface area (Å²) < 4.78 is 5.99. The van der Waals surface area contributed by atoms with Crippen molar-refractivity contribution in [1.29, 1.82) is 0 Å². The van der Waals surface area contributed by atoms with Crippen LogP contribution >= 0.6 is 0 Å². The van der Waals surface area contributed by atoms with Crippen molar-refractivity contribution >= 4 is 5.97 Å². The van der Waals surface area contributed by atoms with Crippen LogP contribution in [0.3, 0.4) is 0 Å². The molecule has 0 unspecified atom stereocenters. The summed E-state index contributed by atoms with van der Waals surface area (Å²) in [6.45, 7) is 6.06. The molecule has 1 aromatic carbocycles. The summed E-state index contributed by atoms with van der Waals surface area (Å²) in [4.78, 5) is 14.3. The standard InChI is InChI=1S/C17H25NO2/c1-4-16(19)20-17(15-9-6-5-7-10-15)11-8-12-18(3)13-14(17)2/h5-7,9-10,14H,4,8,11-13H2,1-3H3/t14-,17+/m0/s1. The van der Waals surface area contributed by atoms with E-state index < -0.39 is 5.60 Å². The number of nitrogens with zero attached hydrogens (tertiary/aromatic N) is 1. The van der Waals surface area contributed by atoms with Crippen LogP contribution in [0.5, 0.6) is 0 Å². The Morgan fingerprint density at radius 1 is 1.40 bits per heavy atom. The van der Waals surface area contributed by atoms with E-state index in [0.717, 1.165) is 31.5 Å². The quantitative estimate of drug-likeness (QED) is 0.793. The van der Waals surface area contributed by atoms with Crippen LogP contribution in [-0.2, 0) is 15.1 Å². The van der Waals surface area contributed by atoms with Gasteiger partial charge in [-0.2, -0.15) is 0 Å². The molecule has 1 aromatic rings. The second-order valence-electron chi connectivity index (χ2n) is 5.85. The van der Waals surface area contributed by atoms with Gasteiger partial charge in [-0.05, 0) is 32.0 Å². The zero-order valence-electron chi connectivity index (χ0n) is 12.8. The summed E-state index contributed by atoms with van der Waals surface area (Å²) in [6.07, 6.45) is 2.37. The van der Waals surface area contributed by atoms with E-state index in [1.165, 1.54) is 0 Å². The maximum Gasteiger partial charge on any atom is 0.306 e. The van der Waals surface area contributed by atoms with Gasteiger partial charge in [0.25, 0.3) is 0 Å². The van der Waals surface area contributed by atoms with Crippen molar-refractivity contribution in [1.82, 2.24) is 4.90 Å². The second-order valence-corrected chi connectivity index (χ2v) is 5.85. The molecule has 20 heavy (non-hydrogen) atoms. The van der Waals surface area contributed by atoms with Crippen molar-refractivity contribution in [2.45, 2.75) is 38.7 Å². The average Bonchev–Trinajstić information content (AvgIpc) is 2.59. The summed E-state index contributed by atoms with van der Waals surface area (Å²) in [5, 5.41) is 0. The van der Waals surface area contributed by atoms with E-state index in [-0.39, 0.29) is 11.9 Å². The predicted molar refractivity (Wildman–Crippen MR) is 80.4 cm³/mol. The molecular formula is C17H25NO2. The third-order valence-corrected chi connectivity index (χ3v) is 4.32. The molecule has 1 saturated heterocycles. The fourth-order valence-corrected chi connectivity index (χ4v) is 3.20. The van der Waals surface area contributed by atoms with Crippen LogP contribution in [0.25, 0.3) is 0 Å². The summed E-state index contributed by atoms with van der Waals surface area (Å²) >= 11 is 0. The maximum absolute atomic E-state index is 12.0. The summed E-state index contributed by atoms with van der Waals surface area (Å²) in [7, 11) is 2.14. The number of benzene rings is 1. The Hall–Kier alpha value is -1.35. The molecule has 1 fully saturated rings. The van der Waals surface area contributed by atoms with E-state index >= 15 is 0 Å². The van der Waals surface area contributed by atoms with Gasteiger partial charge in [-0.3, -0.25) is 4.79 Å². The van der Waals surface area contributed by atoms with Crippen molar-refractivity contribution in [3.63, 3.8) is 0 Å². The number of likely N-dealkylation sites (tertiary alicyclic amines) is 1. The fourth-order valence-electron chi connectivity index (χ4n) is 3.20. The Morgan fingerprint density at radius 3 is 2.75 bits per heavy atom. The lowest BCUT2D eigenvalue weighted by molar-refractivity contribution is -0.168. The van der Waals surface area contributed by atoms with Gasteiger partial charge in [0.1, 0.15) is 5.60 Å². The summed E-state index contributed by atoms with van der Waals surface area (Å²) in [5.74, 6) is 0.179. The first-order valence-corrected chi connectivity index (χ1v) is 7.54. The van der Waals surface area contributed by atoms with E-state index in [0.29, 0.717) is 6.42 Å². The molecule has 0 bridgehead atoms. The van der Waals surface area contributed by atoms with Crippen molar-refractivity contribution in [2.75, 3.05) is 20.1 Å². The molecule has 0 N–H and O–H groups in total. The molecule has 2 rings (SSSR count). The van der Waals surface area contributed by atoms with Gasteiger partial charge >= 0.3 is 5.97 Å². The minimum atomic E-state index is -0.473. The highest BCUT2D eigenvalue weighted by atomic mass is 16.6. The molecule has 0 spiro atoms. The van der Waals surface area contributed by atoms with E-state index in [1.54, 1.807) is 0 Å². The highest BCUT2D eigenvalue weighted by Gasteiger charge is 2.43. The third-order valence-electron chi connectivity index (χ3n) is 4.32. The number of ether oxygens (including phenoxy) is 1. The number of esters is 1. The number of carbonyl (C=O) groups excluding carboxylic acids is 1. The molecule has 0 saturated carbocycles. The molecule has 0 radical (unpaired) electrons. The van der Waals surface area contributed by atoms with Gasteiger partial charge in [0.15, 0.2) is 0 Å². The normalized spacial score (nSPS) is 27.9. The van der Waals surface area contributed by atoms with E-state index in [1.807, 2.05) is 25.1 Å². The zero-order valence-corrected chi connectivity index (χ0v) is 12.8. The van der Waals surface area contributed by atoms with Crippen molar-refractivity contribution < 1.29 is 9.53 Å². The molecule has 0 aromatic heterocycles.